The Hall–Kier alpha value is -1.10. The van der Waals surface area contributed by atoms with Crippen LogP contribution in [0.3, 0.4) is 0 Å². The number of rotatable bonds is 8. The van der Waals surface area contributed by atoms with Gasteiger partial charge >= 0.3 is 5.97 Å². The van der Waals surface area contributed by atoms with E-state index in [2.05, 4.69) is 6.92 Å². The molecule has 0 aromatic carbocycles. The van der Waals surface area contributed by atoms with Gasteiger partial charge in [-0.2, -0.15) is 0 Å². The lowest BCUT2D eigenvalue weighted by Gasteiger charge is -1.99. The predicted molar refractivity (Wildman–Crippen MR) is 65.7 cm³/mol. The molecule has 0 amide bonds. The summed E-state index contributed by atoms with van der Waals surface area (Å²) in [5, 5.41) is 8.92. The summed E-state index contributed by atoms with van der Waals surface area (Å²) in [5.41, 5.74) is 0. The number of hydrogen-bond acceptors (Lipinski definition) is 3. The number of aromatic carboxylic acids is 1. The quantitative estimate of drug-likeness (QED) is 0.728. The van der Waals surface area contributed by atoms with Gasteiger partial charge in [-0.15, -0.1) is 0 Å². The fourth-order valence-electron chi connectivity index (χ4n) is 1.49. The summed E-state index contributed by atoms with van der Waals surface area (Å²) >= 11 is 0. The average molecular weight is 258 g/mol. The van der Waals surface area contributed by atoms with Gasteiger partial charge in [-0.3, -0.25) is 4.21 Å². The van der Waals surface area contributed by atoms with Gasteiger partial charge in [-0.05, 0) is 18.6 Å². The van der Waals surface area contributed by atoms with Crippen molar-refractivity contribution in [2.45, 2.75) is 44.1 Å². The Morgan fingerprint density at radius 1 is 1.29 bits per heavy atom. The fourth-order valence-corrected chi connectivity index (χ4v) is 2.56. The van der Waals surface area contributed by atoms with Crippen molar-refractivity contribution in [3.8, 4) is 0 Å². The molecular formula is C12H18O4S. The molecule has 0 saturated carbocycles. The maximum Gasteiger partial charge on any atom is 0.371 e. The topological polar surface area (TPSA) is 67.5 Å². The van der Waals surface area contributed by atoms with E-state index in [0.29, 0.717) is 5.75 Å². The van der Waals surface area contributed by atoms with Crippen molar-refractivity contribution in [1.29, 1.82) is 0 Å². The molecule has 0 radical (unpaired) electrons. The molecule has 0 fully saturated rings. The fraction of sp³-hybridized carbons (Fsp3) is 0.583. The second-order valence-electron chi connectivity index (χ2n) is 3.89. The van der Waals surface area contributed by atoms with Crippen LogP contribution in [0.25, 0.3) is 0 Å². The summed E-state index contributed by atoms with van der Waals surface area (Å²) in [6.45, 7) is 2.15. The first kappa shape index (κ1) is 14.0. The zero-order valence-corrected chi connectivity index (χ0v) is 10.8. The van der Waals surface area contributed by atoms with Gasteiger partial charge in [0, 0.05) is 5.75 Å². The van der Waals surface area contributed by atoms with Crippen LogP contribution in [0.2, 0.25) is 0 Å². The van der Waals surface area contributed by atoms with E-state index in [4.69, 9.17) is 9.52 Å². The molecule has 1 heterocycles. The van der Waals surface area contributed by atoms with Crippen molar-refractivity contribution >= 4 is 16.8 Å². The van der Waals surface area contributed by atoms with Crippen LogP contribution in [-0.4, -0.2) is 21.0 Å². The van der Waals surface area contributed by atoms with Crippen LogP contribution in [0, 0.1) is 0 Å². The van der Waals surface area contributed by atoms with Crippen LogP contribution >= 0.6 is 0 Å². The number of hydrogen-bond donors (Lipinski definition) is 1. The van der Waals surface area contributed by atoms with Crippen LogP contribution in [0.5, 0.6) is 0 Å². The molecule has 1 N–H and O–H groups in total. The smallest absolute Gasteiger partial charge is 0.371 e. The Kier molecular flexibility index (Phi) is 5.97. The highest BCUT2D eigenvalue weighted by Gasteiger charge is 2.13. The first-order chi connectivity index (χ1) is 8.15. The number of carboxylic acids is 1. The molecule has 5 heteroatoms. The Morgan fingerprint density at radius 3 is 2.59 bits per heavy atom. The molecule has 1 aromatic heterocycles. The molecule has 1 unspecified atom stereocenters. The minimum Gasteiger partial charge on any atom is -0.475 e. The van der Waals surface area contributed by atoms with Gasteiger partial charge < -0.3 is 9.52 Å². The third-order valence-corrected chi connectivity index (χ3v) is 3.78. The summed E-state index contributed by atoms with van der Waals surface area (Å²) < 4.78 is 16.7. The van der Waals surface area contributed by atoms with Crippen molar-refractivity contribution in [1.82, 2.24) is 0 Å². The normalized spacial score (nSPS) is 12.5. The zero-order chi connectivity index (χ0) is 12.7. The lowest BCUT2D eigenvalue weighted by Crippen LogP contribution is -1.97. The van der Waals surface area contributed by atoms with E-state index >= 15 is 0 Å². The van der Waals surface area contributed by atoms with E-state index in [1.54, 1.807) is 0 Å². The lowest BCUT2D eigenvalue weighted by atomic mass is 10.2. The molecule has 17 heavy (non-hydrogen) atoms. The van der Waals surface area contributed by atoms with Crippen LogP contribution in [0.15, 0.2) is 21.6 Å². The summed E-state index contributed by atoms with van der Waals surface area (Å²) in [6.07, 6.45) is 5.49. The summed E-state index contributed by atoms with van der Waals surface area (Å²) in [6, 6.07) is 2.82. The molecule has 0 bridgehead atoms. The maximum atomic E-state index is 11.7. The molecule has 1 aromatic rings. The van der Waals surface area contributed by atoms with Crippen LogP contribution < -0.4 is 0 Å². The van der Waals surface area contributed by atoms with Crippen LogP contribution in [0.4, 0.5) is 0 Å². The SMILES string of the molecule is CCCCCCCS(=O)c1ccc(C(=O)O)o1. The number of furan rings is 1. The molecular weight excluding hydrogens is 240 g/mol. The highest BCUT2D eigenvalue weighted by Crippen LogP contribution is 2.14. The van der Waals surface area contributed by atoms with Crippen molar-refractivity contribution in [3.05, 3.63) is 17.9 Å². The molecule has 0 aliphatic rings. The third-order valence-electron chi connectivity index (χ3n) is 2.45. The Labute approximate surface area is 103 Å². The molecule has 96 valence electrons. The Balaban J connectivity index is 2.34. The molecule has 0 aliphatic carbocycles. The molecule has 1 atom stereocenters. The molecule has 0 saturated heterocycles. The van der Waals surface area contributed by atoms with Crippen LogP contribution in [0.1, 0.15) is 49.6 Å². The van der Waals surface area contributed by atoms with E-state index < -0.39 is 16.8 Å². The first-order valence-corrected chi connectivity index (χ1v) is 7.18. The van der Waals surface area contributed by atoms with Crippen LogP contribution in [-0.2, 0) is 10.8 Å². The Morgan fingerprint density at radius 2 is 2.00 bits per heavy atom. The second kappa shape index (κ2) is 7.27. The number of carboxylic acid groups (broad SMARTS) is 1. The summed E-state index contributed by atoms with van der Waals surface area (Å²) in [5.74, 6) is -0.744. The number of unbranched alkanes of at least 4 members (excludes halogenated alkanes) is 4. The van der Waals surface area contributed by atoms with Gasteiger partial charge in [0.25, 0.3) is 0 Å². The monoisotopic (exact) mass is 258 g/mol. The first-order valence-electron chi connectivity index (χ1n) is 5.86. The van der Waals surface area contributed by atoms with E-state index in [-0.39, 0.29) is 10.9 Å². The average Bonchev–Trinajstić information content (AvgIpc) is 2.78. The summed E-state index contributed by atoms with van der Waals surface area (Å²) in [4.78, 5) is 10.6. The van der Waals surface area contributed by atoms with Crippen molar-refractivity contribution < 1.29 is 18.5 Å². The second-order valence-corrected chi connectivity index (χ2v) is 5.39. The van der Waals surface area contributed by atoms with Gasteiger partial charge in [0.1, 0.15) is 0 Å². The van der Waals surface area contributed by atoms with Gasteiger partial charge in [-0.1, -0.05) is 32.6 Å². The largest absolute Gasteiger partial charge is 0.475 e. The van der Waals surface area contributed by atoms with Gasteiger partial charge in [0.05, 0.1) is 10.8 Å². The highest BCUT2D eigenvalue weighted by molar-refractivity contribution is 7.84. The van der Waals surface area contributed by atoms with Crippen molar-refractivity contribution in [2.75, 3.05) is 5.75 Å². The van der Waals surface area contributed by atoms with E-state index in [1.165, 1.54) is 25.0 Å². The van der Waals surface area contributed by atoms with Gasteiger partial charge in [-0.25, -0.2) is 4.79 Å². The van der Waals surface area contributed by atoms with Gasteiger partial charge in [0.15, 0.2) is 5.09 Å². The summed E-state index contributed by atoms with van der Waals surface area (Å²) in [7, 11) is -1.21. The van der Waals surface area contributed by atoms with E-state index in [0.717, 1.165) is 19.3 Å². The number of carbonyl (C=O) groups is 1. The minimum absolute atomic E-state index is 0.153. The Bertz CT molecular complexity index is 384. The van der Waals surface area contributed by atoms with Gasteiger partial charge in [0.2, 0.25) is 5.76 Å². The highest BCUT2D eigenvalue weighted by atomic mass is 32.2. The predicted octanol–water partition coefficient (Wildman–Crippen LogP) is 3.06. The molecule has 0 spiro atoms. The van der Waals surface area contributed by atoms with Crippen molar-refractivity contribution in [2.24, 2.45) is 0 Å². The molecule has 1 rings (SSSR count). The molecule has 0 aliphatic heterocycles. The molecule has 4 nitrogen and oxygen atoms in total. The third kappa shape index (κ3) is 4.73. The van der Waals surface area contributed by atoms with Crippen molar-refractivity contribution in [3.63, 3.8) is 0 Å². The zero-order valence-electron chi connectivity index (χ0n) is 9.98. The lowest BCUT2D eigenvalue weighted by molar-refractivity contribution is 0.0656. The minimum atomic E-state index is -1.21. The standard InChI is InChI=1S/C12H18O4S/c1-2-3-4-5-6-9-17(15)11-8-7-10(16-11)12(13)14/h7-8H,2-6,9H2,1H3,(H,13,14). The van der Waals surface area contributed by atoms with E-state index in [9.17, 15) is 9.00 Å². The maximum absolute atomic E-state index is 11.7. The van der Waals surface area contributed by atoms with E-state index in [1.807, 2.05) is 0 Å².